The number of anilines is 1. The number of hydrogen-bond donors (Lipinski definition) is 0. The first kappa shape index (κ1) is 14.7. The van der Waals surface area contributed by atoms with Gasteiger partial charge in [0.1, 0.15) is 12.1 Å². The van der Waals surface area contributed by atoms with Gasteiger partial charge < -0.3 is 4.74 Å². The molecule has 128 valence electrons. The number of aromatic nitrogens is 3. The largest absolute Gasteiger partial charge is 0.373 e. The minimum atomic E-state index is -0.412. The summed E-state index contributed by atoms with van der Waals surface area (Å²) in [6, 6.07) is 6.38. The van der Waals surface area contributed by atoms with Crippen molar-refractivity contribution in [2.24, 2.45) is 11.8 Å². The van der Waals surface area contributed by atoms with Crippen LogP contribution in [0.15, 0.2) is 30.6 Å². The summed E-state index contributed by atoms with van der Waals surface area (Å²) in [5.41, 5.74) is 0.460. The van der Waals surface area contributed by atoms with Gasteiger partial charge in [0.15, 0.2) is 0 Å². The first-order valence-electron chi connectivity index (χ1n) is 8.29. The summed E-state index contributed by atoms with van der Waals surface area (Å²) in [6.07, 6.45) is 2.69. The molecule has 8 heteroatoms. The van der Waals surface area contributed by atoms with Crippen molar-refractivity contribution in [1.82, 2.24) is 14.8 Å². The molecule has 4 atom stereocenters. The Morgan fingerprint density at radius 3 is 2.48 bits per heavy atom. The van der Waals surface area contributed by atoms with Crippen molar-refractivity contribution >= 4 is 17.8 Å². The number of ether oxygens (including phenoxy) is 1. The summed E-state index contributed by atoms with van der Waals surface area (Å²) in [4.78, 5) is 30.5. The van der Waals surface area contributed by atoms with Gasteiger partial charge in [-0.25, -0.2) is 14.0 Å². The van der Waals surface area contributed by atoms with Crippen molar-refractivity contribution in [3.8, 4) is 0 Å². The number of carbonyl (C=O) groups is 2. The van der Waals surface area contributed by atoms with Gasteiger partial charge in [-0.05, 0) is 18.9 Å². The van der Waals surface area contributed by atoms with Crippen LogP contribution < -0.4 is 4.90 Å². The highest BCUT2D eigenvalue weighted by molar-refractivity contribution is 6.21. The van der Waals surface area contributed by atoms with Crippen LogP contribution in [0.3, 0.4) is 0 Å². The summed E-state index contributed by atoms with van der Waals surface area (Å²) < 4.78 is 20.9. The third-order valence-corrected chi connectivity index (χ3v) is 5.30. The van der Waals surface area contributed by atoms with Crippen molar-refractivity contribution < 1.29 is 18.7 Å². The zero-order chi connectivity index (χ0) is 17.1. The molecule has 5 rings (SSSR count). The van der Waals surface area contributed by atoms with Gasteiger partial charge in [0, 0.05) is 5.56 Å². The molecule has 25 heavy (non-hydrogen) atoms. The fourth-order valence-electron chi connectivity index (χ4n) is 4.17. The molecule has 0 spiro atoms. The Morgan fingerprint density at radius 2 is 1.80 bits per heavy atom. The number of imide groups is 1. The van der Waals surface area contributed by atoms with Gasteiger partial charge >= 0.3 is 0 Å². The highest BCUT2D eigenvalue weighted by Gasteiger charge is 2.63. The molecule has 0 unspecified atom stereocenters. The van der Waals surface area contributed by atoms with E-state index in [2.05, 4.69) is 10.1 Å². The van der Waals surface area contributed by atoms with Crippen molar-refractivity contribution in [2.45, 2.75) is 31.6 Å². The molecular formula is C17H15FN4O3. The van der Waals surface area contributed by atoms with E-state index in [1.54, 1.807) is 18.2 Å². The molecule has 0 radical (unpaired) electrons. The Labute approximate surface area is 142 Å². The van der Waals surface area contributed by atoms with E-state index in [4.69, 9.17) is 4.74 Å². The fourth-order valence-corrected chi connectivity index (χ4v) is 4.17. The molecule has 0 aliphatic carbocycles. The van der Waals surface area contributed by atoms with Crippen LogP contribution in [0.1, 0.15) is 18.4 Å². The Hall–Kier alpha value is -2.61. The Kier molecular flexibility index (Phi) is 3.05. The molecule has 1 aromatic carbocycles. The molecule has 7 nitrogen and oxygen atoms in total. The lowest BCUT2D eigenvalue weighted by Crippen LogP contribution is -2.35. The Balaban J connectivity index is 1.41. The van der Waals surface area contributed by atoms with Crippen LogP contribution in [-0.4, -0.2) is 38.8 Å². The van der Waals surface area contributed by atoms with E-state index in [9.17, 15) is 14.0 Å². The average molecular weight is 342 g/mol. The first-order chi connectivity index (χ1) is 12.1. The molecule has 3 aliphatic rings. The summed E-state index contributed by atoms with van der Waals surface area (Å²) in [5, 5.41) is 4.21. The zero-order valence-corrected chi connectivity index (χ0v) is 13.2. The van der Waals surface area contributed by atoms with Crippen LogP contribution in [-0.2, 0) is 20.9 Å². The average Bonchev–Trinajstić information content (AvgIpc) is 3.35. The zero-order valence-electron chi connectivity index (χ0n) is 13.2. The third kappa shape index (κ3) is 2.07. The van der Waals surface area contributed by atoms with Crippen LogP contribution >= 0.6 is 0 Å². The number of carbonyl (C=O) groups excluding carboxylic acids is 2. The second-order valence-corrected chi connectivity index (χ2v) is 6.69. The lowest BCUT2D eigenvalue weighted by atomic mass is 9.81. The van der Waals surface area contributed by atoms with Gasteiger partial charge in [0.2, 0.25) is 11.8 Å². The maximum Gasteiger partial charge on any atom is 0.258 e. The van der Waals surface area contributed by atoms with Crippen molar-refractivity contribution in [1.29, 1.82) is 0 Å². The number of hydrogen-bond acceptors (Lipinski definition) is 5. The number of nitrogens with zero attached hydrogens (tertiary/aromatic N) is 4. The highest BCUT2D eigenvalue weighted by atomic mass is 19.1. The smallest absolute Gasteiger partial charge is 0.258 e. The summed E-state index contributed by atoms with van der Waals surface area (Å²) in [5.74, 6) is -1.68. The molecule has 2 bridgehead atoms. The van der Waals surface area contributed by atoms with Crippen LogP contribution in [0.4, 0.5) is 10.3 Å². The van der Waals surface area contributed by atoms with Gasteiger partial charge in [0.25, 0.3) is 5.95 Å². The summed E-state index contributed by atoms with van der Waals surface area (Å²) in [7, 11) is 0. The number of amides is 2. The van der Waals surface area contributed by atoms with Gasteiger partial charge in [-0.3, -0.25) is 9.59 Å². The second kappa shape index (κ2) is 5.19. The molecule has 4 heterocycles. The SMILES string of the molecule is O=C1[C@@H]2[C@H](C(=O)N1c1ncn(Cc3ccccc3F)n1)[C@H]1CC[C@@H]2O1. The van der Waals surface area contributed by atoms with E-state index in [0.717, 1.165) is 17.7 Å². The maximum absolute atomic E-state index is 13.8. The number of benzene rings is 1. The summed E-state index contributed by atoms with van der Waals surface area (Å²) in [6.45, 7) is 0.178. The Morgan fingerprint density at radius 1 is 1.12 bits per heavy atom. The van der Waals surface area contributed by atoms with Crippen molar-refractivity contribution in [3.05, 3.63) is 42.0 Å². The van der Waals surface area contributed by atoms with E-state index in [1.807, 2.05) is 0 Å². The van der Waals surface area contributed by atoms with Gasteiger partial charge in [-0.2, -0.15) is 4.98 Å². The molecule has 3 fully saturated rings. The van der Waals surface area contributed by atoms with Gasteiger partial charge in [-0.15, -0.1) is 5.10 Å². The number of fused-ring (bicyclic) bond motifs is 5. The predicted octanol–water partition coefficient (Wildman–Crippen LogP) is 1.13. The maximum atomic E-state index is 13.8. The molecule has 0 saturated carbocycles. The standard InChI is InChI=1S/C17H15FN4O3/c18-10-4-2-1-3-9(10)7-21-8-19-17(20-21)22-15(23)13-11-5-6-12(25-11)14(13)16(22)24/h1-4,8,11-14H,5-7H2/t11-,12+,13-,14+. The van der Waals surface area contributed by atoms with Crippen molar-refractivity contribution in [2.75, 3.05) is 4.90 Å². The molecule has 2 amide bonds. The summed E-state index contributed by atoms with van der Waals surface area (Å²) >= 11 is 0. The van der Waals surface area contributed by atoms with Gasteiger partial charge in [0.05, 0.1) is 30.6 Å². The molecule has 3 saturated heterocycles. The van der Waals surface area contributed by atoms with E-state index in [1.165, 1.54) is 17.1 Å². The fraction of sp³-hybridized carbons (Fsp3) is 0.412. The quantitative estimate of drug-likeness (QED) is 0.782. The van der Waals surface area contributed by atoms with Crippen LogP contribution in [0, 0.1) is 17.7 Å². The number of halogens is 1. The van der Waals surface area contributed by atoms with E-state index in [0.29, 0.717) is 5.56 Å². The van der Waals surface area contributed by atoms with E-state index < -0.39 is 11.8 Å². The Bertz CT molecular complexity index is 854. The van der Waals surface area contributed by atoms with E-state index in [-0.39, 0.29) is 42.3 Å². The van der Waals surface area contributed by atoms with Crippen LogP contribution in [0.2, 0.25) is 0 Å². The molecular weight excluding hydrogens is 327 g/mol. The second-order valence-electron chi connectivity index (χ2n) is 6.69. The minimum Gasteiger partial charge on any atom is -0.373 e. The van der Waals surface area contributed by atoms with Crippen molar-refractivity contribution in [3.63, 3.8) is 0 Å². The molecule has 3 aliphatic heterocycles. The molecule has 0 N–H and O–H groups in total. The molecule has 2 aromatic rings. The minimum absolute atomic E-state index is 0.0557. The third-order valence-electron chi connectivity index (χ3n) is 5.30. The topological polar surface area (TPSA) is 77.3 Å². The first-order valence-corrected chi connectivity index (χ1v) is 8.29. The van der Waals surface area contributed by atoms with Crippen LogP contribution in [0.5, 0.6) is 0 Å². The monoisotopic (exact) mass is 342 g/mol. The van der Waals surface area contributed by atoms with E-state index >= 15 is 0 Å². The van der Waals surface area contributed by atoms with Gasteiger partial charge in [-0.1, -0.05) is 18.2 Å². The lowest BCUT2D eigenvalue weighted by Gasteiger charge is -2.14. The van der Waals surface area contributed by atoms with Crippen LogP contribution in [0.25, 0.3) is 0 Å². The predicted molar refractivity (Wildman–Crippen MR) is 82.9 cm³/mol. The normalized spacial score (nSPS) is 30.4. The number of rotatable bonds is 3. The lowest BCUT2D eigenvalue weighted by molar-refractivity contribution is -0.124. The highest BCUT2D eigenvalue weighted by Crippen LogP contribution is 2.48. The molecule has 1 aromatic heterocycles.